The Bertz CT molecular complexity index is 473. The van der Waals surface area contributed by atoms with Gasteiger partial charge in [0.15, 0.2) is 0 Å². The minimum atomic E-state index is 0.0973. The predicted octanol–water partition coefficient (Wildman–Crippen LogP) is 4.87. The fourth-order valence-electron chi connectivity index (χ4n) is 2.62. The quantitative estimate of drug-likeness (QED) is 0.823. The number of benzene rings is 1. The number of carbonyl (C=O) groups is 1. The van der Waals surface area contributed by atoms with Crippen LogP contribution >= 0.6 is 27.5 Å². The van der Waals surface area contributed by atoms with Crippen molar-refractivity contribution >= 4 is 39.1 Å². The maximum absolute atomic E-state index is 12.3. The zero-order valence-electron chi connectivity index (χ0n) is 10.6. The van der Waals surface area contributed by atoms with Crippen LogP contribution in [0.2, 0.25) is 5.02 Å². The van der Waals surface area contributed by atoms with E-state index in [2.05, 4.69) is 35.1 Å². The number of nitrogens with one attached hydrogen (secondary N) is 1. The molecule has 1 saturated carbocycles. The van der Waals surface area contributed by atoms with Crippen molar-refractivity contribution in [3.05, 3.63) is 27.7 Å². The molecule has 1 amide bonds. The van der Waals surface area contributed by atoms with Crippen LogP contribution in [-0.2, 0) is 4.79 Å². The monoisotopic (exact) mass is 329 g/mol. The highest BCUT2D eigenvalue weighted by Crippen LogP contribution is 2.43. The number of rotatable bonds is 2. The van der Waals surface area contributed by atoms with Gasteiger partial charge in [0.25, 0.3) is 0 Å². The molecule has 0 aromatic heterocycles. The van der Waals surface area contributed by atoms with Crippen molar-refractivity contribution in [1.29, 1.82) is 0 Å². The molecule has 1 fully saturated rings. The topological polar surface area (TPSA) is 29.1 Å². The van der Waals surface area contributed by atoms with Crippen LogP contribution in [0.1, 0.15) is 33.1 Å². The molecular formula is C14H17BrClNO. The summed E-state index contributed by atoms with van der Waals surface area (Å²) in [5, 5.41) is 3.64. The van der Waals surface area contributed by atoms with E-state index in [0.29, 0.717) is 5.02 Å². The Morgan fingerprint density at radius 3 is 2.78 bits per heavy atom. The lowest BCUT2D eigenvalue weighted by atomic mass is 9.81. The molecule has 0 heterocycles. The third kappa shape index (κ3) is 2.89. The molecule has 0 radical (unpaired) electrons. The van der Waals surface area contributed by atoms with Crippen LogP contribution < -0.4 is 5.32 Å². The summed E-state index contributed by atoms with van der Waals surface area (Å²) in [6, 6.07) is 5.39. The predicted molar refractivity (Wildman–Crippen MR) is 78.9 cm³/mol. The number of amides is 1. The summed E-state index contributed by atoms with van der Waals surface area (Å²) >= 11 is 9.30. The van der Waals surface area contributed by atoms with Crippen molar-refractivity contribution in [2.75, 3.05) is 5.32 Å². The first-order chi connectivity index (χ1) is 8.40. The van der Waals surface area contributed by atoms with Gasteiger partial charge in [0.1, 0.15) is 0 Å². The van der Waals surface area contributed by atoms with Crippen LogP contribution in [0.5, 0.6) is 0 Å². The first-order valence-electron chi connectivity index (χ1n) is 6.16. The average molecular weight is 331 g/mol. The van der Waals surface area contributed by atoms with E-state index < -0.39 is 0 Å². The Balaban J connectivity index is 2.12. The molecule has 2 rings (SSSR count). The summed E-state index contributed by atoms with van der Waals surface area (Å²) in [6.07, 6.45) is 3.23. The standard InChI is InChI=1S/C14H17BrClNO/c1-14(2)7-3-4-10(14)13(18)17-12-6-5-9(16)8-11(12)15/h5-6,8,10H,3-4,7H2,1-2H3,(H,17,18). The van der Waals surface area contributed by atoms with Crippen molar-refractivity contribution in [2.24, 2.45) is 11.3 Å². The highest BCUT2D eigenvalue weighted by Gasteiger charge is 2.39. The molecule has 1 N–H and O–H groups in total. The molecule has 0 saturated heterocycles. The lowest BCUT2D eigenvalue weighted by Crippen LogP contribution is -2.30. The molecule has 1 aromatic rings. The minimum absolute atomic E-state index is 0.0973. The van der Waals surface area contributed by atoms with Gasteiger partial charge in [0.05, 0.1) is 5.69 Å². The van der Waals surface area contributed by atoms with Gasteiger partial charge >= 0.3 is 0 Å². The number of carbonyl (C=O) groups excluding carboxylic acids is 1. The van der Waals surface area contributed by atoms with Gasteiger partial charge in [-0.3, -0.25) is 4.79 Å². The zero-order chi connectivity index (χ0) is 13.3. The van der Waals surface area contributed by atoms with E-state index in [1.165, 1.54) is 0 Å². The van der Waals surface area contributed by atoms with Gasteiger partial charge in [-0.05, 0) is 52.4 Å². The molecule has 1 aliphatic rings. The fourth-order valence-corrected chi connectivity index (χ4v) is 3.41. The molecule has 4 heteroatoms. The number of anilines is 1. The van der Waals surface area contributed by atoms with Gasteiger partial charge in [0.2, 0.25) is 5.91 Å². The van der Waals surface area contributed by atoms with Crippen molar-refractivity contribution < 1.29 is 4.79 Å². The lowest BCUT2D eigenvalue weighted by Gasteiger charge is -2.26. The SMILES string of the molecule is CC1(C)CCCC1C(=O)Nc1ccc(Cl)cc1Br. The second-order valence-electron chi connectivity index (χ2n) is 5.55. The van der Waals surface area contributed by atoms with E-state index in [4.69, 9.17) is 11.6 Å². The average Bonchev–Trinajstić information content (AvgIpc) is 2.62. The highest BCUT2D eigenvalue weighted by molar-refractivity contribution is 9.10. The number of hydrogen-bond donors (Lipinski definition) is 1. The van der Waals surface area contributed by atoms with Gasteiger partial charge < -0.3 is 5.32 Å². The van der Waals surface area contributed by atoms with Gasteiger partial charge in [-0.25, -0.2) is 0 Å². The summed E-state index contributed by atoms with van der Waals surface area (Å²) in [5.74, 6) is 0.209. The van der Waals surface area contributed by atoms with Crippen molar-refractivity contribution in [3.8, 4) is 0 Å². The first-order valence-corrected chi connectivity index (χ1v) is 7.33. The smallest absolute Gasteiger partial charge is 0.228 e. The Kier molecular flexibility index (Phi) is 4.02. The van der Waals surface area contributed by atoms with E-state index in [0.717, 1.165) is 29.4 Å². The van der Waals surface area contributed by atoms with E-state index in [9.17, 15) is 4.79 Å². The third-order valence-corrected chi connectivity index (χ3v) is 4.65. The Labute approximate surface area is 121 Å². The largest absolute Gasteiger partial charge is 0.325 e. The second kappa shape index (κ2) is 5.22. The maximum Gasteiger partial charge on any atom is 0.228 e. The zero-order valence-corrected chi connectivity index (χ0v) is 12.9. The molecule has 0 aliphatic heterocycles. The molecule has 18 heavy (non-hydrogen) atoms. The summed E-state index contributed by atoms with van der Waals surface area (Å²) in [5.41, 5.74) is 0.885. The molecule has 98 valence electrons. The molecule has 1 atom stereocenters. The van der Waals surface area contributed by atoms with Crippen molar-refractivity contribution in [1.82, 2.24) is 0 Å². The molecule has 2 nitrogen and oxygen atoms in total. The van der Waals surface area contributed by atoms with E-state index in [-0.39, 0.29) is 17.2 Å². The first kappa shape index (κ1) is 13.9. The molecule has 1 aliphatic carbocycles. The summed E-state index contributed by atoms with van der Waals surface area (Å²) < 4.78 is 0.819. The molecular weight excluding hydrogens is 314 g/mol. The summed E-state index contributed by atoms with van der Waals surface area (Å²) in [6.45, 7) is 4.34. The summed E-state index contributed by atoms with van der Waals surface area (Å²) in [7, 11) is 0. The normalized spacial score (nSPS) is 21.9. The van der Waals surface area contributed by atoms with Gasteiger partial charge in [0, 0.05) is 15.4 Å². The lowest BCUT2D eigenvalue weighted by molar-refractivity contribution is -0.122. The van der Waals surface area contributed by atoms with Gasteiger partial charge in [-0.15, -0.1) is 0 Å². The van der Waals surface area contributed by atoms with E-state index in [1.807, 2.05) is 6.07 Å². The molecule has 1 aromatic carbocycles. The molecule has 0 spiro atoms. The van der Waals surface area contributed by atoms with E-state index in [1.54, 1.807) is 12.1 Å². The minimum Gasteiger partial charge on any atom is -0.325 e. The van der Waals surface area contributed by atoms with E-state index >= 15 is 0 Å². The molecule has 0 bridgehead atoms. The van der Waals surface area contributed by atoms with Crippen LogP contribution in [0.15, 0.2) is 22.7 Å². The van der Waals surface area contributed by atoms with Crippen LogP contribution in [0, 0.1) is 11.3 Å². The van der Waals surface area contributed by atoms with Gasteiger partial charge in [-0.2, -0.15) is 0 Å². The maximum atomic E-state index is 12.3. The number of halogens is 2. The Morgan fingerprint density at radius 2 is 2.22 bits per heavy atom. The van der Waals surface area contributed by atoms with Crippen molar-refractivity contribution in [3.63, 3.8) is 0 Å². The third-order valence-electron chi connectivity index (χ3n) is 3.76. The van der Waals surface area contributed by atoms with Crippen LogP contribution in [0.4, 0.5) is 5.69 Å². The highest BCUT2D eigenvalue weighted by atomic mass is 79.9. The van der Waals surface area contributed by atoms with Crippen LogP contribution in [0.25, 0.3) is 0 Å². The number of hydrogen-bond acceptors (Lipinski definition) is 1. The Morgan fingerprint density at radius 1 is 1.50 bits per heavy atom. The van der Waals surface area contributed by atoms with Crippen LogP contribution in [0.3, 0.4) is 0 Å². The fraction of sp³-hybridized carbons (Fsp3) is 0.500. The summed E-state index contributed by atoms with van der Waals surface area (Å²) in [4.78, 5) is 12.3. The van der Waals surface area contributed by atoms with Gasteiger partial charge in [-0.1, -0.05) is 31.9 Å². The second-order valence-corrected chi connectivity index (χ2v) is 6.84. The Hall–Kier alpha value is -0.540. The molecule has 1 unspecified atom stereocenters. The van der Waals surface area contributed by atoms with Crippen LogP contribution in [-0.4, -0.2) is 5.91 Å². The van der Waals surface area contributed by atoms with Crippen molar-refractivity contribution in [2.45, 2.75) is 33.1 Å².